The number of ether oxygens (including phenoxy) is 2. The van der Waals surface area contributed by atoms with Gasteiger partial charge in [-0.05, 0) is 39.8 Å². The lowest BCUT2D eigenvalue weighted by molar-refractivity contribution is -0.151. The summed E-state index contributed by atoms with van der Waals surface area (Å²) >= 11 is 0. The molecule has 2 atom stereocenters. The van der Waals surface area contributed by atoms with Crippen LogP contribution in [0.5, 0.6) is 0 Å². The Morgan fingerprint density at radius 1 is 0.913 bits per heavy atom. The van der Waals surface area contributed by atoms with Gasteiger partial charge in [-0.15, -0.1) is 0 Å². The number of esters is 2. The predicted molar refractivity (Wildman–Crippen MR) is 80.6 cm³/mol. The van der Waals surface area contributed by atoms with E-state index in [2.05, 4.69) is 20.5 Å². The summed E-state index contributed by atoms with van der Waals surface area (Å²) in [6, 6.07) is 0. The second-order valence-electron chi connectivity index (χ2n) is 5.44. The minimum atomic E-state index is -1.40. The molecule has 0 radical (unpaired) electrons. The molecule has 0 bridgehead atoms. The number of hydrogen-bond acceptors (Lipinski definition) is 8. The number of nitrogens with zero attached hydrogens (tertiary/aromatic N) is 4. The van der Waals surface area contributed by atoms with Gasteiger partial charge in [0.05, 0.1) is 24.6 Å². The lowest BCUT2D eigenvalue weighted by Crippen LogP contribution is -2.47. The topological polar surface area (TPSA) is 102 Å². The molecule has 8 nitrogen and oxygen atoms in total. The maximum atomic E-state index is 12.4. The second-order valence-corrected chi connectivity index (χ2v) is 5.44. The van der Waals surface area contributed by atoms with E-state index in [1.165, 1.54) is 0 Å². The molecule has 0 aromatic rings. The van der Waals surface area contributed by atoms with Gasteiger partial charge in [0.1, 0.15) is 0 Å². The molecule has 0 aromatic heterocycles. The fourth-order valence-corrected chi connectivity index (χ4v) is 2.58. The maximum Gasteiger partial charge on any atom is 0.340 e. The van der Waals surface area contributed by atoms with Crippen LogP contribution in [-0.4, -0.2) is 36.2 Å². The van der Waals surface area contributed by atoms with Gasteiger partial charge >= 0.3 is 11.9 Å². The number of carbonyl (C=O) groups is 2. The van der Waals surface area contributed by atoms with Gasteiger partial charge in [0.25, 0.3) is 0 Å². The third-order valence-electron chi connectivity index (χ3n) is 3.46. The lowest BCUT2D eigenvalue weighted by Gasteiger charge is -2.28. The van der Waals surface area contributed by atoms with E-state index in [-0.39, 0.29) is 19.6 Å². The highest BCUT2D eigenvalue weighted by atomic mass is 16.5. The van der Waals surface area contributed by atoms with E-state index in [0.717, 1.165) is 0 Å². The van der Waals surface area contributed by atoms with Crippen LogP contribution in [0.15, 0.2) is 44.0 Å². The van der Waals surface area contributed by atoms with Gasteiger partial charge in [-0.1, -0.05) is 0 Å². The zero-order valence-corrected chi connectivity index (χ0v) is 13.7. The summed E-state index contributed by atoms with van der Waals surface area (Å²) < 4.78 is 10.2. The normalized spacial score (nSPS) is 28.5. The highest BCUT2D eigenvalue weighted by Crippen LogP contribution is 2.39. The molecule has 0 saturated carbocycles. The zero-order valence-electron chi connectivity index (χ0n) is 13.7. The molecule has 23 heavy (non-hydrogen) atoms. The van der Waals surface area contributed by atoms with Crippen LogP contribution >= 0.6 is 0 Å². The molecule has 0 aliphatic carbocycles. The SMILES string of the molecule is CCOC(=O)C1(CC2(C(=O)OCC)C=C(C)N=N2)C=C(C)N=N1. The average molecular weight is 320 g/mol. The van der Waals surface area contributed by atoms with Gasteiger partial charge in [-0.3, -0.25) is 0 Å². The third-order valence-corrected chi connectivity index (χ3v) is 3.46. The molecular formula is C15H20N4O4. The van der Waals surface area contributed by atoms with E-state index in [1.807, 2.05) is 0 Å². The number of azo groups is 2. The standard InChI is InChI=1S/C15H20N4O4/c1-5-22-12(20)14(7-10(3)16-18-14)9-15(13(21)23-6-2)8-11(4)17-19-15/h7-8H,5-6,9H2,1-4H3. The predicted octanol–water partition coefficient (Wildman–Crippen LogP) is 2.72. The van der Waals surface area contributed by atoms with Gasteiger partial charge in [-0.25, -0.2) is 9.59 Å². The van der Waals surface area contributed by atoms with Crippen molar-refractivity contribution >= 4 is 11.9 Å². The highest BCUT2D eigenvalue weighted by molar-refractivity contribution is 5.89. The number of hydrogen-bond donors (Lipinski definition) is 0. The maximum absolute atomic E-state index is 12.4. The number of rotatable bonds is 6. The van der Waals surface area contributed by atoms with Gasteiger partial charge in [0.15, 0.2) is 0 Å². The van der Waals surface area contributed by atoms with Gasteiger partial charge in [0, 0.05) is 6.42 Å². The smallest absolute Gasteiger partial charge is 0.340 e. The van der Waals surface area contributed by atoms with Crippen molar-refractivity contribution in [3.63, 3.8) is 0 Å². The summed E-state index contributed by atoms with van der Waals surface area (Å²) in [6.45, 7) is 7.25. The molecule has 0 fully saturated rings. The lowest BCUT2D eigenvalue weighted by atomic mass is 9.82. The zero-order chi connectivity index (χ0) is 17.1. The van der Waals surface area contributed by atoms with E-state index < -0.39 is 23.0 Å². The van der Waals surface area contributed by atoms with Crippen molar-refractivity contribution in [3.05, 3.63) is 23.5 Å². The molecule has 2 aliphatic rings. The first kappa shape index (κ1) is 17.0. The molecule has 0 saturated heterocycles. The summed E-state index contributed by atoms with van der Waals surface area (Å²) in [4.78, 5) is 24.9. The van der Waals surface area contributed by atoms with Crippen LogP contribution in [0.4, 0.5) is 0 Å². The van der Waals surface area contributed by atoms with E-state index in [0.29, 0.717) is 11.4 Å². The van der Waals surface area contributed by atoms with Crippen LogP contribution in [0.25, 0.3) is 0 Å². The molecule has 2 heterocycles. The molecular weight excluding hydrogens is 300 g/mol. The largest absolute Gasteiger partial charge is 0.464 e. The van der Waals surface area contributed by atoms with Crippen molar-refractivity contribution < 1.29 is 19.1 Å². The van der Waals surface area contributed by atoms with E-state index in [9.17, 15) is 9.59 Å². The molecule has 0 aromatic carbocycles. The van der Waals surface area contributed by atoms with Crippen LogP contribution in [-0.2, 0) is 19.1 Å². The second kappa shape index (κ2) is 6.39. The van der Waals surface area contributed by atoms with Crippen molar-refractivity contribution in [1.82, 2.24) is 0 Å². The molecule has 0 spiro atoms. The first-order chi connectivity index (χ1) is 10.9. The molecule has 2 unspecified atom stereocenters. The number of allylic oxidation sites excluding steroid dienone is 2. The van der Waals surface area contributed by atoms with Gasteiger partial charge in [-0.2, -0.15) is 20.5 Å². The molecule has 2 rings (SSSR count). The Labute approximate surface area is 134 Å². The molecule has 2 aliphatic heterocycles. The van der Waals surface area contributed by atoms with Gasteiger partial charge < -0.3 is 9.47 Å². The molecule has 124 valence electrons. The Morgan fingerprint density at radius 2 is 1.30 bits per heavy atom. The highest BCUT2D eigenvalue weighted by Gasteiger charge is 2.53. The quantitative estimate of drug-likeness (QED) is 0.702. The molecule has 8 heteroatoms. The van der Waals surface area contributed by atoms with Crippen molar-refractivity contribution in [2.45, 2.75) is 45.2 Å². The van der Waals surface area contributed by atoms with Crippen molar-refractivity contribution in [2.75, 3.05) is 13.2 Å². The fraction of sp³-hybridized carbons (Fsp3) is 0.600. The van der Waals surface area contributed by atoms with E-state index in [1.54, 1.807) is 39.8 Å². The van der Waals surface area contributed by atoms with Crippen molar-refractivity contribution in [1.29, 1.82) is 0 Å². The average Bonchev–Trinajstić information content (AvgIpc) is 3.05. The minimum Gasteiger partial charge on any atom is -0.464 e. The molecule has 0 amide bonds. The summed E-state index contributed by atoms with van der Waals surface area (Å²) in [5.41, 5.74) is -1.64. The summed E-state index contributed by atoms with van der Waals surface area (Å²) in [5.74, 6) is -1.14. The Kier molecular flexibility index (Phi) is 4.72. The van der Waals surface area contributed by atoms with Crippen LogP contribution in [0.2, 0.25) is 0 Å². The van der Waals surface area contributed by atoms with Crippen LogP contribution in [0.3, 0.4) is 0 Å². The Hall–Kier alpha value is -2.38. The minimum absolute atomic E-state index is 0.0701. The first-order valence-corrected chi connectivity index (χ1v) is 7.46. The van der Waals surface area contributed by atoms with Crippen LogP contribution in [0.1, 0.15) is 34.1 Å². The van der Waals surface area contributed by atoms with E-state index >= 15 is 0 Å². The summed E-state index contributed by atoms with van der Waals surface area (Å²) in [7, 11) is 0. The molecule has 0 N–H and O–H groups in total. The monoisotopic (exact) mass is 320 g/mol. The van der Waals surface area contributed by atoms with Crippen LogP contribution < -0.4 is 0 Å². The third kappa shape index (κ3) is 3.20. The Balaban J connectivity index is 2.41. The summed E-state index contributed by atoms with van der Waals surface area (Å²) in [5, 5.41) is 16.0. The Bertz CT molecular complexity index is 583. The van der Waals surface area contributed by atoms with E-state index in [4.69, 9.17) is 9.47 Å². The summed E-state index contributed by atoms with van der Waals surface area (Å²) in [6.07, 6.45) is 3.10. The fourth-order valence-electron chi connectivity index (χ4n) is 2.58. The van der Waals surface area contributed by atoms with Crippen LogP contribution in [0, 0.1) is 0 Å². The first-order valence-electron chi connectivity index (χ1n) is 7.46. The Morgan fingerprint density at radius 3 is 1.57 bits per heavy atom. The van der Waals surface area contributed by atoms with Crippen molar-refractivity contribution in [3.8, 4) is 0 Å². The van der Waals surface area contributed by atoms with Gasteiger partial charge in [0.2, 0.25) is 11.1 Å². The van der Waals surface area contributed by atoms with Crippen molar-refractivity contribution in [2.24, 2.45) is 20.5 Å². The number of carbonyl (C=O) groups excluding carboxylic acids is 2.